The number of ether oxygens (including phenoxy) is 2. The van der Waals surface area contributed by atoms with Crippen LogP contribution in [0.25, 0.3) is 0 Å². The monoisotopic (exact) mass is 294 g/mol. The van der Waals surface area contributed by atoms with Gasteiger partial charge in [0.25, 0.3) is 0 Å². The molecule has 0 aromatic carbocycles. The highest BCUT2D eigenvalue weighted by atomic mass is 32.2. The van der Waals surface area contributed by atoms with Crippen LogP contribution in [0.3, 0.4) is 0 Å². The Labute approximate surface area is 116 Å². The van der Waals surface area contributed by atoms with Gasteiger partial charge in [-0.25, -0.2) is 12.7 Å². The fourth-order valence-electron chi connectivity index (χ4n) is 2.24. The zero-order chi connectivity index (χ0) is 14.1. The molecule has 7 heteroatoms. The van der Waals surface area contributed by atoms with Crippen LogP contribution in [0, 0.1) is 5.92 Å². The third kappa shape index (κ3) is 6.18. The van der Waals surface area contributed by atoms with Gasteiger partial charge in [0.1, 0.15) is 0 Å². The molecular formula is C12H26N2O4S. The number of rotatable bonds is 9. The van der Waals surface area contributed by atoms with Crippen molar-refractivity contribution in [2.24, 2.45) is 5.92 Å². The molecule has 1 rings (SSSR count). The highest BCUT2D eigenvalue weighted by Crippen LogP contribution is 2.18. The molecular weight excluding hydrogens is 268 g/mol. The number of hydrogen-bond donors (Lipinski definition) is 1. The highest BCUT2D eigenvalue weighted by molar-refractivity contribution is 7.89. The minimum Gasteiger partial charge on any atom is -0.384 e. The minimum atomic E-state index is -3.16. The van der Waals surface area contributed by atoms with Crippen molar-refractivity contribution in [3.63, 3.8) is 0 Å². The summed E-state index contributed by atoms with van der Waals surface area (Å²) in [5.41, 5.74) is 0. The molecule has 6 nitrogen and oxygen atoms in total. The topological polar surface area (TPSA) is 67.9 Å². The maximum atomic E-state index is 12.1. The van der Waals surface area contributed by atoms with Gasteiger partial charge in [-0.15, -0.1) is 0 Å². The molecule has 0 amide bonds. The molecule has 1 heterocycles. The van der Waals surface area contributed by atoms with Crippen molar-refractivity contribution in [3.8, 4) is 0 Å². The molecule has 0 bridgehead atoms. The average Bonchev–Trinajstić information content (AvgIpc) is 2.42. The van der Waals surface area contributed by atoms with E-state index in [1.807, 2.05) is 0 Å². The maximum Gasteiger partial charge on any atom is 0.216 e. The van der Waals surface area contributed by atoms with E-state index in [-0.39, 0.29) is 12.4 Å². The Kier molecular flexibility index (Phi) is 7.86. The summed E-state index contributed by atoms with van der Waals surface area (Å²) in [5, 5.41) is 3.30. The smallest absolute Gasteiger partial charge is 0.216 e. The second-order valence-corrected chi connectivity index (χ2v) is 6.96. The van der Waals surface area contributed by atoms with Gasteiger partial charge < -0.3 is 14.8 Å². The van der Waals surface area contributed by atoms with Crippen LogP contribution in [0.1, 0.15) is 12.8 Å². The van der Waals surface area contributed by atoms with Crippen molar-refractivity contribution in [2.45, 2.75) is 12.8 Å². The molecule has 0 spiro atoms. The first kappa shape index (κ1) is 16.8. The molecule has 0 aromatic heterocycles. The summed E-state index contributed by atoms with van der Waals surface area (Å²) < 4.78 is 35.6. The first-order chi connectivity index (χ1) is 9.10. The Morgan fingerprint density at radius 3 is 2.68 bits per heavy atom. The van der Waals surface area contributed by atoms with E-state index >= 15 is 0 Å². The van der Waals surface area contributed by atoms with Crippen LogP contribution in [-0.2, 0) is 19.5 Å². The molecule has 1 atom stereocenters. The quantitative estimate of drug-likeness (QED) is 0.602. The van der Waals surface area contributed by atoms with E-state index in [0.29, 0.717) is 25.6 Å². The van der Waals surface area contributed by atoms with Gasteiger partial charge in [-0.05, 0) is 25.3 Å². The van der Waals surface area contributed by atoms with Crippen molar-refractivity contribution in [3.05, 3.63) is 0 Å². The summed E-state index contributed by atoms with van der Waals surface area (Å²) >= 11 is 0. The van der Waals surface area contributed by atoms with Crippen molar-refractivity contribution >= 4 is 10.0 Å². The molecule has 1 aliphatic heterocycles. The van der Waals surface area contributed by atoms with E-state index in [4.69, 9.17) is 9.47 Å². The summed E-state index contributed by atoms with van der Waals surface area (Å²) in [6, 6.07) is 0. The zero-order valence-corrected chi connectivity index (χ0v) is 12.7. The van der Waals surface area contributed by atoms with Crippen molar-refractivity contribution in [1.29, 1.82) is 0 Å². The summed E-state index contributed by atoms with van der Waals surface area (Å²) in [6.07, 6.45) is 2.01. The zero-order valence-electron chi connectivity index (χ0n) is 11.9. The molecule has 19 heavy (non-hydrogen) atoms. The number of piperidine rings is 1. The molecule has 0 aromatic rings. The van der Waals surface area contributed by atoms with Gasteiger partial charge in [-0.2, -0.15) is 0 Å². The predicted octanol–water partition coefficient (Wildman–Crippen LogP) is -0.0894. The summed E-state index contributed by atoms with van der Waals surface area (Å²) in [4.78, 5) is 0. The van der Waals surface area contributed by atoms with Crippen LogP contribution in [-0.4, -0.2) is 72.1 Å². The fraction of sp³-hybridized carbons (Fsp3) is 1.00. The Morgan fingerprint density at radius 2 is 2.00 bits per heavy atom. The molecule has 0 saturated carbocycles. The Hall–Kier alpha value is -0.210. The number of nitrogens with one attached hydrogen (secondary N) is 1. The second kappa shape index (κ2) is 8.86. The largest absolute Gasteiger partial charge is 0.384 e. The SMILES string of the molecule is COCCNCC1CCCN(S(=O)(=O)CCOC)C1. The predicted molar refractivity (Wildman–Crippen MR) is 74.7 cm³/mol. The maximum absolute atomic E-state index is 12.1. The van der Waals surface area contributed by atoms with Gasteiger partial charge >= 0.3 is 0 Å². The van der Waals surface area contributed by atoms with Crippen LogP contribution in [0.5, 0.6) is 0 Å². The van der Waals surface area contributed by atoms with Crippen LogP contribution >= 0.6 is 0 Å². The minimum absolute atomic E-state index is 0.0767. The lowest BCUT2D eigenvalue weighted by Gasteiger charge is -2.32. The second-order valence-electron chi connectivity index (χ2n) is 4.87. The fourth-order valence-corrected chi connectivity index (χ4v) is 3.72. The van der Waals surface area contributed by atoms with E-state index in [1.54, 1.807) is 11.4 Å². The molecule has 0 radical (unpaired) electrons. The van der Waals surface area contributed by atoms with Crippen molar-refractivity contribution in [2.75, 3.05) is 59.4 Å². The molecule has 1 aliphatic rings. The Balaban J connectivity index is 2.36. The summed E-state index contributed by atoms with van der Waals surface area (Å²) in [7, 11) is 0.0373. The van der Waals surface area contributed by atoms with Crippen molar-refractivity contribution < 1.29 is 17.9 Å². The molecule has 1 unspecified atom stereocenters. The van der Waals surface area contributed by atoms with Gasteiger partial charge in [0.15, 0.2) is 0 Å². The lowest BCUT2D eigenvalue weighted by Crippen LogP contribution is -2.44. The number of methoxy groups -OCH3 is 2. The van der Waals surface area contributed by atoms with Gasteiger partial charge in [-0.3, -0.25) is 0 Å². The summed E-state index contributed by atoms with van der Waals surface area (Å²) in [6.45, 7) is 3.86. The molecule has 1 N–H and O–H groups in total. The Morgan fingerprint density at radius 1 is 1.26 bits per heavy atom. The average molecular weight is 294 g/mol. The van der Waals surface area contributed by atoms with Crippen LogP contribution in [0.2, 0.25) is 0 Å². The molecule has 1 fully saturated rings. The van der Waals surface area contributed by atoms with Gasteiger partial charge in [-0.1, -0.05) is 0 Å². The molecule has 1 saturated heterocycles. The van der Waals surface area contributed by atoms with Gasteiger partial charge in [0.2, 0.25) is 10.0 Å². The standard InChI is InChI=1S/C12H26N2O4S/c1-17-7-5-13-10-12-4-3-6-14(11-12)19(15,16)9-8-18-2/h12-13H,3-11H2,1-2H3. The van der Waals surface area contributed by atoms with E-state index < -0.39 is 10.0 Å². The lowest BCUT2D eigenvalue weighted by molar-refractivity contribution is 0.192. The third-order valence-corrected chi connectivity index (χ3v) is 5.14. The van der Waals surface area contributed by atoms with Crippen LogP contribution < -0.4 is 5.32 Å². The Bertz CT molecular complexity index is 335. The van der Waals surface area contributed by atoms with Gasteiger partial charge in [0, 0.05) is 33.9 Å². The molecule has 114 valence electrons. The number of hydrogen-bond acceptors (Lipinski definition) is 5. The number of nitrogens with zero attached hydrogens (tertiary/aromatic N) is 1. The van der Waals surface area contributed by atoms with Gasteiger partial charge in [0.05, 0.1) is 19.0 Å². The van der Waals surface area contributed by atoms with E-state index in [2.05, 4.69) is 5.32 Å². The lowest BCUT2D eigenvalue weighted by atomic mass is 10.00. The first-order valence-corrected chi connectivity index (χ1v) is 8.37. The van der Waals surface area contributed by atoms with E-state index in [9.17, 15) is 8.42 Å². The van der Waals surface area contributed by atoms with Crippen molar-refractivity contribution in [1.82, 2.24) is 9.62 Å². The normalized spacial score (nSPS) is 21.7. The van der Waals surface area contributed by atoms with Crippen LogP contribution in [0.15, 0.2) is 0 Å². The highest BCUT2D eigenvalue weighted by Gasteiger charge is 2.28. The number of sulfonamides is 1. The van der Waals surface area contributed by atoms with E-state index in [1.165, 1.54) is 7.11 Å². The summed E-state index contributed by atoms with van der Waals surface area (Å²) in [5.74, 6) is 0.468. The molecule has 0 aliphatic carbocycles. The van der Waals surface area contributed by atoms with E-state index in [0.717, 1.165) is 25.9 Å². The third-order valence-electron chi connectivity index (χ3n) is 3.34. The first-order valence-electron chi connectivity index (χ1n) is 6.76. The van der Waals surface area contributed by atoms with Crippen LogP contribution in [0.4, 0.5) is 0 Å².